The first-order valence-corrected chi connectivity index (χ1v) is 5.27. The van der Waals surface area contributed by atoms with Crippen LogP contribution in [0.2, 0.25) is 0 Å². The van der Waals surface area contributed by atoms with Gasteiger partial charge in [0.2, 0.25) is 0 Å². The SMILES string of the molecule is NCCCCNCc1ccc(Br)o1. The Morgan fingerprint density at radius 1 is 1.38 bits per heavy atom. The molecule has 0 aliphatic rings. The molecule has 0 aliphatic carbocycles. The second kappa shape index (κ2) is 6.18. The highest BCUT2D eigenvalue weighted by atomic mass is 79.9. The molecule has 0 amide bonds. The summed E-state index contributed by atoms with van der Waals surface area (Å²) in [5.74, 6) is 0.958. The predicted octanol–water partition coefficient (Wildman–Crippen LogP) is 1.87. The van der Waals surface area contributed by atoms with E-state index in [1.165, 1.54) is 0 Å². The Morgan fingerprint density at radius 2 is 2.23 bits per heavy atom. The molecule has 0 radical (unpaired) electrons. The molecule has 0 spiro atoms. The smallest absolute Gasteiger partial charge is 0.169 e. The van der Waals surface area contributed by atoms with Gasteiger partial charge in [0, 0.05) is 0 Å². The summed E-state index contributed by atoms with van der Waals surface area (Å²) in [5, 5.41) is 3.28. The van der Waals surface area contributed by atoms with Gasteiger partial charge in [-0.2, -0.15) is 0 Å². The molecule has 1 heterocycles. The number of nitrogens with two attached hydrogens (primary N) is 1. The van der Waals surface area contributed by atoms with Gasteiger partial charge in [-0.15, -0.1) is 0 Å². The third-order valence-electron chi connectivity index (χ3n) is 1.74. The number of rotatable bonds is 6. The van der Waals surface area contributed by atoms with Crippen molar-refractivity contribution in [1.29, 1.82) is 0 Å². The Morgan fingerprint density at radius 3 is 2.85 bits per heavy atom. The number of furan rings is 1. The van der Waals surface area contributed by atoms with Gasteiger partial charge in [0.15, 0.2) is 4.67 Å². The second-order valence-corrected chi connectivity index (χ2v) is 3.66. The average Bonchev–Trinajstić information content (AvgIpc) is 2.51. The summed E-state index contributed by atoms with van der Waals surface area (Å²) in [6.07, 6.45) is 2.20. The summed E-state index contributed by atoms with van der Waals surface area (Å²) in [6, 6.07) is 3.86. The normalized spacial score (nSPS) is 10.6. The Labute approximate surface area is 86.8 Å². The van der Waals surface area contributed by atoms with Crippen molar-refractivity contribution in [2.45, 2.75) is 19.4 Å². The van der Waals surface area contributed by atoms with Crippen molar-refractivity contribution >= 4 is 15.9 Å². The summed E-state index contributed by atoms with van der Waals surface area (Å²) in [4.78, 5) is 0. The topological polar surface area (TPSA) is 51.2 Å². The average molecular weight is 247 g/mol. The first-order chi connectivity index (χ1) is 6.33. The molecular weight excluding hydrogens is 232 g/mol. The Kier molecular flexibility index (Phi) is 5.12. The van der Waals surface area contributed by atoms with E-state index in [1.807, 2.05) is 12.1 Å². The van der Waals surface area contributed by atoms with Crippen LogP contribution in [0.5, 0.6) is 0 Å². The van der Waals surface area contributed by atoms with E-state index in [9.17, 15) is 0 Å². The fraction of sp³-hybridized carbons (Fsp3) is 0.556. The number of halogens is 1. The predicted molar refractivity (Wildman–Crippen MR) is 56.4 cm³/mol. The van der Waals surface area contributed by atoms with E-state index in [0.29, 0.717) is 0 Å². The fourth-order valence-corrected chi connectivity index (χ4v) is 1.39. The zero-order chi connectivity index (χ0) is 9.52. The molecular formula is C9H15BrN2O. The molecule has 1 rings (SSSR count). The third-order valence-corrected chi connectivity index (χ3v) is 2.16. The largest absolute Gasteiger partial charge is 0.453 e. The molecule has 0 bridgehead atoms. The van der Waals surface area contributed by atoms with Crippen LogP contribution in [0.4, 0.5) is 0 Å². The molecule has 0 fully saturated rings. The van der Waals surface area contributed by atoms with Crippen LogP contribution in [0.1, 0.15) is 18.6 Å². The molecule has 0 saturated heterocycles. The summed E-state index contributed by atoms with van der Waals surface area (Å²) in [7, 11) is 0. The van der Waals surface area contributed by atoms with E-state index in [-0.39, 0.29) is 0 Å². The van der Waals surface area contributed by atoms with Crippen LogP contribution in [-0.4, -0.2) is 13.1 Å². The van der Waals surface area contributed by atoms with E-state index in [2.05, 4.69) is 21.2 Å². The molecule has 1 aromatic heterocycles. The maximum absolute atomic E-state index is 5.37. The van der Waals surface area contributed by atoms with Gasteiger partial charge in [-0.1, -0.05) is 0 Å². The number of nitrogens with one attached hydrogen (secondary N) is 1. The number of hydrogen-bond donors (Lipinski definition) is 2. The van der Waals surface area contributed by atoms with Crippen molar-refractivity contribution in [3.05, 3.63) is 22.6 Å². The highest BCUT2D eigenvalue weighted by molar-refractivity contribution is 9.10. The lowest BCUT2D eigenvalue weighted by molar-refractivity contribution is 0.463. The van der Waals surface area contributed by atoms with Gasteiger partial charge in [-0.3, -0.25) is 0 Å². The van der Waals surface area contributed by atoms with Crippen molar-refractivity contribution < 1.29 is 4.42 Å². The van der Waals surface area contributed by atoms with Crippen molar-refractivity contribution in [3.63, 3.8) is 0 Å². The molecule has 0 atom stereocenters. The standard InChI is InChI=1S/C9H15BrN2O/c10-9-4-3-8(13-9)7-12-6-2-1-5-11/h3-4,12H,1-2,5-7,11H2. The lowest BCUT2D eigenvalue weighted by atomic mass is 10.3. The monoisotopic (exact) mass is 246 g/mol. The Bertz CT molecular complexity index is 237. The molecule has 3 N–H and O–H groups in total. The zero-order valence-electron chi connectivity index (χ0n) is 7.55. The lowest BCUT2D eigenvalue weighted by Crippen LogP contribution is -2.15. The van der Waals surface area contributed by atoms with Gasteiger partial charge in [-0.25, -0.2) is 0 Å². The van der Waals surface area contributed by atoms with Crippen LogP contribution in [0, 0.1) is 0 Å². The minimum Gasteiger partial charge on any atom is -0.453 e. The van der Waals surface area contributed by atoms with Crippen molar-refractivity contribution in [2.24, 2.45) is 5.73 Å². The molecule has 3 nitrogen and oxygen atoms in total. The van der Waals surface area contributed by atoms with Gasteiger partial charge in [-0.05, 0) is 54.0 Å². The maximum atomic E-state index is 5.37. The molecule has 1 aromatic rings. The molecule has 4 heteroatoms. The molecule has 0 aliphatic heterocycles. The summed E-state index contributed by atoms with van der Waals surface area (Å²) >= 11 is 3.26. The highest BCUT2D eigenvalue weighted by Crippen LogP contribution is 2.13. The van der Waals surface area contributed by atoms with E-state index < -0.39 is 0 Å². The highest BCUT2D eigenvalue weighted by Gasteiger charge is 1.97. The first kappa shape index (κ1) is 10.8. The third kappa shape index (κ3) is 4.45. The van der Waals surface area contributed by atoms with Gasteiger partial charge in [0.05, 0.1) is 6.54 Å². The summed E-state index contributed by atoms with van der Waals surface area (Å²) in [5.41, 5.74) is 5.37. The maximum Gasteiger partial charge on any atom is 0.169 e. The van der Waals surface area contributed by atoms with E-state index in [0.717, 1.165) is 42.9 Å². The number of hydrogen-bond acceptors (Lipinski definition) is 3. The van der Waals surface area contributed by atoms with Crippen LogP contribution < -0.4 is 11.1 Å². The quantitative estimate of drug-likeness (QED) is 0.754. The van der Waals surface area contributed by atoms with Crippen LogP contribution in [0.15, 0.2) is 21.2 Å². The first-order valence-electron chi connectivity index (χ1n) is 4.48. The van der Waals surface area contributed by atoms with Gasteiger partial charge in [0.25, 0.3) is 0 Å². The van der Waals surface area contributed by atoms with Gasteiger partial charge >= 0.3 is 0 Å². The second-order valence-electron chi connectivity index (χ2n) is 2.88. The van der Waals surface area contributed by atoms with E-state index >= 15 is 0 Å². The lowest BCUT2D eigenvalue weighted by Gasteiger charge is -2.00. The minimum atomic E-state index is 0.772. The van der Waals surface area contributed by atoms with Gasteiger partial charge < -0.3 is 15.5 Å². The zero-order valence-corrected chi connectivity index (χ0v) is 9.14. The summed E-state index contributed by atoms with van der Waals surface area (Å²) < 4.78 is 6.10. The van der Waals surface area contributed by atoms with E-state index in [4.69, 9.17) is 10.2 Å². The molecule has 0 aromatic carbocycles. The Hall–Kier alpha value is -0.320. The fourth-order valence-electron chi connectivity index (χ4n) is 1.05. The van der Waals surface area contributed by atoms with Crippen LogP contribution in [-0.2, 0) is 6.54 Å². The summed E-state index contributed by atoms with van der Waals surface area (Å²) in [6.45, 7) is 2.56. The molecule has 74 valence electrons. The van der Waals surface area contributed by atoms with E-state index in [1.54, 1.807) is 0 Å². The van der Waals surface area contributed by atoms with Crippen LogP contribution >= 0.6 is 15.9 Å². The Balaban J connectivity index is 2.06. The van der Waals surface area contributed by atoms with Crippen molar-refractivity contribution in [3.8, 4) is 0 Å². The van der Waals surface area contributed by atoms with Crippen LogP contribution in [0.3, 0.4) is 0 Å². The van der Waals surface area contributed by atoms with Gasteiger partial charge in [0.1, 0.15) is 5.76 Å². The van der Waals surface area contributed by atoms with Crippen molar-refractivity contribution in [2.75, 3.05) is 13.1 Å². The molecule has 0 saturated carbocycles. The number of unbranched alkanes of at least 4 members (excludes halogenated alkanes) is 1. The van der Waals surface area contributed by atoms with Crippen LogP contribution in [0.25, 0.3) is 0 Å². The van der Waals surface area contributed by atoms with Crippen molar-refractivity contribution in [1.82, 2.24) is 5.32 Å². The molecule has 13 heavy (non-hydrogen) atoms. The molecule has 0 unspecified atom stereocenters. The minimum absolute atomic E-state index is 0.772.